The van der Waals surface area contributed by atoms with E-state index in [1.165, 1.54) is 29.1 Å². The summed E-state index contributed by atoms with van der Waals surface area (Å²) in [7, 11) is 1.59. The van der Waals surface area contributed by atoms with Gasteiger partial charge in [0.2, 0.25) is 11.4 Å². The Hall–Kier alpha value is -2.34. The average Bonchev–Trinajstić information content (AvgIpc) is 2.48. The van der Waals surface area contributed by atoms with Crippen LogP contribution in [0.1, 0.15) is 10.4 Å². The minimum Gasteiger partial charge on any atom is -0.476 e. The first-order valence-corrected chi connectivity index (χ1v) is 6.63. The van der Waals surface area contributed by atoms with E-state index < -0.39 is 0 Å². The first kappa shape index (κ1) is 15.1. The van der Waals surface area contributed by atoms with E-state index in [4.69, 9.17) is 16.3 Å². The highest BCUT2D eigenvalue weighted by atomic mass is 35.5. The maximum absolute atomic E-state index is 11.8. The fourth-order valence-electron chi connectivity index (χ4n) is 1.60. The number of hydrogen-bond donors (Lipinski definition) is 1. The number of aromatic nitrogens is 2. The van der Waals surface area contributed by atoms with Crippen LogP contribution in [0.2, 0.25) is 5.02 Å². The molecule has 0 radical (unpaired) electrons. The van der Waals surface area contributed by atoms with E-state index >= 15 is 0 Å². The van der Waals surface area contributed by atoms with Crippen molar-refractivity contribution in [1.29, 1.82) is 0 Å². The van der Waals surface area contributed by atoms with Crippen LogP contribution in [0.15, 0.2) is 41.5 Å². The number of pyridine rings is 2. The maximum Gasteiger partial charge on any atom is 0.252 e. The lowest BCUT2D eigenvalue weighted by atomic mass is 10.2. The van der Waals surface area contributed by atoms with Gasteiger partial charge in [0.15, 0.2) is 0 Å². The second-order valence-corrected chi connectivity index (χ2v) is 4.72. The van der Waals surface area contributed by atoms with E-state index in [-0.39, 0.29) is 18.1 Å². The molecule has 6 nitrogen and oxygen atoms in total. The number of carbonyl (C=O) groups is 1. The van der Waals surface area contributed by atoms with Crippen molar-refractivity contribution >= 4 is 17.5 Å². The molecule has 0 aromatic carbocycles. The normalized spacial score (nSPS) is 10.2. The molecule has 0 saturated heterocycles. The molecule has 2 heterocycles. The minimum absolute atomic E-state index is 0.163. The highest BCUT2D eigenvalue weighted by Crippen LogP contribution is 2.10. The fraction of sp³-hybridized carbons (Fsp3) is 0.214. The fourth-order valence-corrected chi connectivity index (χ4v) is 1.71. The average molecular weight is 308 g/mol. The SMILES string of the molecule is Cn1cc(C(=O)NCCOc2ccc(Cl)cn2)ccc1=O. The van der Waals surface area contributed by atoms with Crippen molar-refractivity contribution in [3.8, 4) is 5.88 Å². The first-order valence-electron chi connectivity index (χ1n) is 6.25. The molecule has 1 amide bonds. The van der Waals surface area contributed by atoms with Crippen molar-refractivity contribution in [2.45, 2.75) is 0 Å². The molecule has 0 spiro atoms. The second-order valence-electron chi connectivity index (χ2n) is 4.29. The lowest BCUT2D eigenvalue weighted by molar-refractivity contribution is 0.0946. The van der Waals surface area contributed by atoms with Crippen LogP contribution in [-0.4, -0.2) is 28.6 Å². The Labute approximate surface area is 126 Å². The van der Waals surface area contributed by atoms with Gasteiger partial charge in [-0.05, 0) is 12.1 Å². The van der Waals surface area contributed by atoms with E-state index in [0.29, 0.717) is 23.0 Å². The smallest absolute Gasteiger partial charge is 0.252 e. The van der Waals surface area contributed by atoms with E-state index in [1.807, 2.05) is 0 Å². The number of carbonyl (C=O) groups excluding carboxylic acids is 1. The Kier molecular flexibility index (Phi) is 4.94. The Morgan fingerprint density at radius 1 is 1.38 bits per heavy atom. The van der Waals surface area contributed by atoms with Gasteiger partial charge in [0, 0.05) is 31.6 Å². The van der Waals surface area contributed by atoms with Gasteiger partial charge in [-0.2, -0.15) is 0 Å². The summed E-state index contributed by atoms with van der Waals surface area (Å²) in [5.41, 5.74) is 0.255. The Morgan fingerprint density at radius 2 is 2.19 bits per heavy atom. The number of halogens is 1. The van der Waals surface area contributed by atoms with Crippen molar-refractivity contribution in [3.05, 3.63) is 57.6 Å². The number of aryl methyl sites for hydroxylation is 1. The quantitative estimate of drug-likeness (QED) is 0.844. The molecule has 21 heavy (non-hydrogen) atoms. The number of ether oxygens (including phenoxy) is 1. The highest BCUT2D eigenvalue weighted by Gasteiger charge is 2.06. The molecule has 7 heteroatoms. The third-order valence-electron chi connectivity index (χ3n) is 2.69. The van der Waals surface area contributed by atoms with Crippen LogP contribution in [0, 0.1) is 0 Å². The molecule has 0 unspecified atom stereocenters. The van der Waals surface area contributed by atoms with Gasteiger partial charge in [0.05, 0.1) is 17.1 Å². The lowest BCUT2D eigenvalue weighted by Gasteiger charge is -2.07. The van der Waals surface area contributed by atoms with Crippen molar-refractivity contribution in [3.63, 3.8) is 0 Å². The minimum atomic E-state index is -0.265. The molecule has 0 aliphatic carbocycles. The zero-order chi connectivity index (χ0) is 15.2. The Balaban J connectivity index is 1.80. The van der Waals surface area contributed by atoms with Crippen LogP contribution in [-0.2, 0) is 7.05 Å². The van der Waals surface area contributed by atoms with Gasteiger partial charge in [-0.15, -0.1) is 0 Å². The third kappa shape index (κ3) is 4.32. The standard InChI is InChI=1S/C14H14ClN3O3/c1-18-9-10(2-5-13(18)19)14(20)16-6-7-21-12-4-3-11(15)8-17-12/h2-5,8-9H,6-7H2,1H3,(H,16,20). The molecular formula is C14H14ClN3O3. The molecule has 0 fully saturated rings. The largest absolute Gasteiger partial charge is 0.476 e. The zero-order valence-electron chi connectivity index (χ0n) is 11.4. The number of nitrogens with zero attached hydrogens (tertiary/aromatic N) is 2. The summed E-state index contributed by atoms with van der Waals surface area (Å²) < 4.78 is 6.70. The summed E-state index contributed by atoms with van der Waals surface area (Å²) in [5, 5.41) is 3.23. The van der Waals surface area contributed by atoms with Crippen LogP contribution >= 0.6 is 11.6 Å². The molecule has 0 atom stereocenters. The molecule has 2 aromatic heterocycles. The third-order valence-corrected chi connectivity index (χ3v) is 2.91. The van der Waals surface area contributed by atoms with Crippen LogP contribution in [0.3, 0.4) is 0 Å². The van der Waals surface area contributed by atoms with Gasteiger partial charge in [-0.3, -0.25) is 9.59 Å². The van der Waals surface area contributed by atoms with Crippen LogP contribution in [0.5, 0.6) is 5.88 Å². The van der Waals surface area contributed by atoms with Crippen molar-refractivity contribution in [2.24, 2.45) is 7.05 Å². The second kappa shape index (κ2) is 6.90. The monoisotopic (exact) mass is 307 g/mol. The Morgan fingerprint density at radius 3 is 2.86 bits per heavy atom. The molecule has 0 aliphatic heterocycles. The van der Waals surface area contributed by atoms with Gasteiger partial charge >= 0.3 is 0 Å². The van der Waals surface area contributed by atoms with Crippen LogP contribution < -0.4 is 15.6 Å². The molecule has 0 saturated carbocycles. The molecule has 110 valence electrons. The van der Waals surface area contributed by atoms with Crippen molar-refractivity contribution in [1.82, 2.24) is 14.9 Å². The van der Waals surface area contributed by atoms with Gasteiger partial charge in [0.25, 0.3) is 5.91 Å². The van der Waals surface area contributed by atoms with E-state index in [1.54, 1.807) is 19.2 Å². The topological polar surface area (TPSA) is 73.2 Å². The number of rotatable bonds is 5. The summed E-state index contributed by atoms with van der Waals surface area (Å²) in [6, 6.07) is 6.16. The Bertz CT molecular complexity index is 683. The molecular weight excluding hydrogens is 294 g/mol. The van der Waals surface area contributed by atoms with E-state index in [0.717, 1.165) is 0 Å². The molecule has 0 aliphatic rings. The summed E-state index contributed by atoms with van der Waals surface area (Å²) in [6.45, 7) is 0.609. The van der Waals surface area contributed by atoms with Gasteiger partial charge in [-0.1, -0.05) is 11.6 Å². The van der Waals surface area contributed by atoms with Crippen molar-refractivity contribution < 1.29 is 9.53 Å². The number of amides is 1. The maximum atomic E-state index is 11.8. The summed E-state index contributed by atoms with van der Waals surface area (Å²) in [6.07, 6.45) is 2.97. The highest BCUT2D eigenvalue weighted by molar-refractivity contribution is 6.30. The van der Waals surface area contributed by atoms with E-state index in [9.17, 15) is 9.59 Å². The van der Waals surface area contributed by atoms with Gasteiger partial charge in [-0.25, -0.2) is 4.98 Å². The van der Waals surface area contributed by atoms with Gasteiger partial charge < -0.3 is 14.6 Å². The van der Waals surface area contributed by atoms with Gasteiger partial charge in [0.1, 0.15) is 6.61 Å². The summed E-state index contributed by atoms with van der Waals surface area (Å²) in [4.78, 5) is 27.0. The number of hydrogen-bond acceptors (Lipinski definition) is 4. The molecule has 2 aromatic rings. The van der Waals surface area contributed by atoms with E-state index in [2.05, 4.69) is 10.3 Å². The summed E-state index contributed by atoms with van der Waals surface area (Å²) >= 11 is 5.71. The lowest BCUT2D eigenvalue weighted by Crippen LogP contribution is -2.29. The predicted octanol–water partition coefficient (Wildman–Crippen LogP) is 1.24. The summed E-state index contributed by atoms with van der Waals surface area (Å²) in [5.74, 6) is 0.175. The molecule has 0 bridgehead atoms. The van der Waals surface area contributed by atoms with Crippen LogP contribution in [0.4, 0.5) is 0 Å². The van der Waals surface area contributed by atoms with Crippen LogP contribution in [0.25, 0.3) is 0 Å². The zero-order valence-corrected chi connectivity index (χ0v) is 12.1. The van der Waals surface area contributed by atoms with Crippen molar-refractivity contribution in [2.75, 3.05) is 13.2 Å². The molecule has 1 N–H and O–H groups in total. The number of nitrogens with one attached hydrogen (secondary N) is 1. The first-order chi connectivity index (χ1) is 10.1. The molecule has 2 rings (SSSR count). The predicted molar refractivity (Wildman–Crippen MR) is 78.8 cm³/mol.